The minimum absolute atomic E-state index is 0.0206. The van der Waals surface area contributed by atoms with E-state index in [2.05, 4.69) is 25.7 Å². The van der Waals surface area contributed by atoms with Gasteiger partial charge in [-0.25, -0.2) is 0 Å². The zero-order valence-corrected chi connectivity index (χ0v) is 8.55. The maximum Gasteiger partial charge on any atom is 0.310 e. The van der Waals surface area contributed by atoms with Crippen LogP contribution in [0.2, 0.25) is 0 Å². The molecule has 1 rings (SSSR count). The Balaban J connectivity index is 3.00. The van der Waals surface area contributed by atoms with Gasteiger partial charge >= 0.3 is 5.97 Å². The quantitative estimate of drug-likeness (QED) is 0.621. The van der Waals surface area contributed by atoms with Gasteiger partial charge in [0.25, 0.3) is 0 Å². The van der Waals surface area contributed by atoms with E-state index in [1.165, 1.54) is 19.4 Å². The van der Waals surface area contributed by atoms with Crippen LogP contribution in [-0.4, -0.2) is 18.1 Å². The van der Waals surface area contributed by atoms with Gasteiger partial charge in [-0.15, -0.1) is 0 Å². The van der Waals surface area contributed by atoms with Gasteiger partial charge in [0.05, 0.1) is 18.1 Å². The Bertz CT molecular complexity index is 372. The van der Waals surface area contributed by atoms with Crippen molar-refractivity contribution in [3.63, 3.8) is 0 Å². The Kier molecular flexibility index (Phi) is 3.25. The van der Waals surface area contributed by atoms with Crippen molar-refractivity contribution in [3.8, 4) is 0 Å². The highest BCUT2D eigenvalue weighted by molar-refractivity contribution is 9.10. The molecule has 13 heavy (non-hydrogen) atoms. The van der Waals surface area contributed by atoms with Crippen molar-refractivity contribution in [1.82, 2.24) is 4.98 Å². The molecule has 0 radical (unpaired) electrons. The van der Waals surface area contributed by atoms with E-state index in [9.17, 15) is 9.59 Å². The molecule has 1 N–H and O–H groups in total. The number of aromatic nitrogens is 1. The van der Waals surface area contributed by atoms with Crippen LogP contribution < -0.4 is 5.43 Å². The number of hydrogen-bond donors (Lipinski definition) is 1. The van der Waals surface area contributed by atoms with Crippen LogP contribution in [0.4, 0.5) is 0 Å². The Morgan fingerprint density at radius 2 is 2.38 bits per heavy atom. The van der Waals surface area contributed by atoms with Crippen molar-refractivity contribution in [2.75, 3.05) is 7.11 Å². The van der Waals surface area contributed by atoms with Crippen LogP contribution in [0.25, 0.3) is 0 Å². The van der Waals surface area contributed by atoms with Gasteiger partial charge in [0.1, 0.15) is 0 Å². The fourth-order valence-electron chi connectivity index (χ4n) is 0.868. The lowest BCUT2D eigenvalue weighted by Crippen LogP contribution is -2.15. The third kappa shape index (κ3) is 2.42. The summed E-state index contributed by atoms with van der Waals surface area (Å²) < 4.78 is 4.97. The average Bonchev–Trinajstić information content (AvgIpc) is 2.11. The molecule has 5 heteroatoms. The Morgan fingerprint density at radius 1 is 1.69 bits per heavy atom. The van der Waals surface area contributed by atoms with Crippen LogP contribution in [0.15, 0.2) is 21.7 Å². The highest BCUT2D eigenvalue weighted by atomic mass is 79.9. The fraction of sp³-hybridized carbons (Fsp3) is 0.250. The van der Waals surface area contributed by atoms with E-state index >= 15 is 0 Å². The van der Waals surface area contributed by atoms with Crippen molar-refractivity contribution >= 4 is 21.9 Å². The summed E-state index contributed by atoms with van der Waals surface area (Å²) in [4.78, 5) is 24.9. The lowest BCUT2D eigenvalue weighted by atomic mass is 10.2. The number of methoxy groups -OCH3 is 1. The van der Waals surface area contributed by atoms with E-state index < -0.39 is 5.97 Å². The first-order valence-corrected chi connectivity index (χ1v) is 4.37. The molecule has 0 atom stereocenters. The van der Waals surface area contributed by atoms with Crippen molar-refractivity contribution in [3.05, 3.63) is 32.7 Å². The largest absolute Gasteiger partial charge is 0.469 e. The minimum atomic E-state index is -0.433. The molecule has 1 aromatic rings. The summed E-state index contributed by atoms with van der Waals surface area (Å²) in [6, 6.07) is 1.36. The standard InChI is InChI=1S/C8H8BrNO3/c1-13-7(12)4-5-6(11)2-3-10-8(5)9/h2-3H,4H2,1H3,(H,10,11). The number of rotatable bonds is 2. The smallest absolute Gasteiger partial charge is 0.310 e. The fourth-order valence-corrected chi connectivity index (χ4v) is 1.34. The van der Waals surface area contributed by atoms with Crippen LogP contribution in [0.5, 0.6) is 0 Å². The molecular formula is C8H8BrNO3. The molecule has 4 nitrogen and oxygen atoms in total. The second kappa shape index (κ2) is 4.23. The molecule has 0 aliphatic rings. The molecule has 0 aliphatic carbocycles. The topological polar surface area (TPSA) is 59.2 Å². The normalized spacial score (nSPS) is 9.69. The van der Waals surface area contributed by atoms with Gasteiger partial charge in [-0.2, -0.15) is 0 Å². The number of hydrogen-bond acceptors (Lipinski definition) is 3. The average molecular weight is 246 g/mol. The zero-order valence-electron chi connectivity index (χ0n) is 6.96. The van der Waals surface area contributed by atoms with E-state index in [1.54, 1.807) is 0 Å². The van der Waals surface area contributed by atoms with Crippen molar-refractivity contribution in [1.29, 1.82) is 0 Å². The lowest BCUT2D eigenvalue weighted by Gasteiger charge is -2.00. The predicted molar refractivity (Wildman–Crippen MR) is 50.5 cm³/mol. The molecule has 0 fully saturated rings. The first-order valence-electron chi connectivity index (χ1n) is 3.58. The van der Waals surface area contributed by atoms with Crippen molar-refractivity contribution in [2.24, 2.45) is 0 Å². The van der Waals surface area contributed by atoms with Crippen LogP contribution >= 0.6 is 15.9 Å². The molecule has 0 bridgehead atoms. The molecule has 1 heterocycles. The summed E-state index contributed by atoms with van der Waals surface area (Å²) in [5.74, 6) is -0.433. The van der Waals surface area contributed by atoms with E-state index in [0.29, 0.717) is 10.2 Å². The summed E-state index contributed by atoms with van der Waals surface area (Å²) >= 11 is 3.14. The van der Waals surface area contributed by atoms with Crippen molar-refractivity contribution in [2.45, 2.75) is 6.42 Å². The number of nitrogens with one attached hydrogen (secondary N) is 1. The Hall–Kier alpha value is -1.10. The second-order valence-corrected chi connectivity index (χ2v) is 3.18. The molecule has 0 spiro atoms. The molecule has 0 aromatic carbocycles. The van der Waals surface area contributed by atoms with Gasteiger partial charge in [-0.1, -0.05) is 0 Å². The van der Waals surface area contributed by atoms with E-state index in [4.69, 9.17) is 0 Å². The number of aromatic amines is 1. The summed E-state index contributed by atoms with van der Waals surface area (Å²) in [5, 5.41) is 0. The van der Waals surface area contributed by atoms with Gasteiger partial charge in [-0.05, 0) is 15.9 Å². The number of halogens is 1. The molecule has 0 unspecified atom stereocenters. The summed E-state index contributed by atoms with van der Waals surface area (Å²) in [6.07, 6.45) is 1.49. The Morgan fingerprint density at radius 3 is 2.92 bits per heavy atom. The number of pyridine rings is 1. The predicted octanol–water partition coefficient (Wildman–Crippen LogP) is 0.853. The first kappa shape index (κ1) is 9.98. The molecule has 0 amide bonds. The molecule has 0 aliphatic heterocycles. The van der Waals surface area contributed by atoms with Gasteiger partial charge in [0, 0.05) is 17.8 Å². The van der Waals surface area contributed by atoms with Crippen LogP contribution in [0, 0.1) is 0 Å². The van der Waals surface area contributed by atoms with Gasteiger partial charge in [-0.3, -0.25) is 9.59 Å². The van der Waals surface area contributed by atoms with Crippen LogP contribution in [-0.2, 0) is 16.0 Å². The molecule has 1 aromatic heterocycles. The zero-order chi connectivity index (χ0) is 9.84. The lowest BCUT2D eigenvalue weighted by molar-refractivity contribution is -0.139. The number of H-pyrrole nitrogens is 1. The van der Waals surface area contributed by atoms with E-state index in [-0.39, 0.29) is 11.8 Å². The number of esters is 1. The summed E-state index contributed by atoms with van der Waals surface area (Å²) in [5.41, 5.74) is 0.199. The number of ether oxygens (including phenoxy) is 1. The highest BCUT2D eigenvalue weighted by Crippen LogP contribution is 2.09. The van der Waals surface area contributed by atoms with Gasteiger partial charge in [0.2, 0.25) is 0 Å². The minimum Gasteiger partial charge on any atom is -0.469 e. The third-order valence-corrected chi connectivity index (χ3v) is 2.26. The molecule has 70 valence electrons. The van der Waals surface area contributed by atoms with Crippen molar-refractivity contribution < 1.29 is 9.53 Å². The van der Waals surface area contributed by atoms with Gasteiger partial charge < -0.3 is 9.72 Å². The van der Waals surface area contributed by atoms with Crippen LogP contribution in [0.3, 0.4) is 0 Å². The van der Waals surface area contributed by atoms with Gasteiger partial charge in [0.15, 0.2) is 5.43 Å². The Labute approximate surface area is 83.1 Å². The SMILES string of the molecule is COC(=O)Cc1c(Br)[nH]ccc1=O. The van der Waals surface area contributed by atoms with E-state index in [1.807, 2.05) is 0 Å². The first-order chi connectivity index (χ1) is 6.15. The summed E-state index contributed by atoms with van der Waals surface area (Å²) in [6.45, 7) is 0. The van der Waals surface area contributed by atoms with E-state index in [0.717, 1.165) is 0 Å². The maximum absolute atomic E-state index is 11.2. The molecular weight excluding hydrogens is 238 g/mol. The number of carbonyl (C=O) groups excluding carboxylic acids is 1. The maximum atomic E-state index is 11.2. The second-order valence-electron chi connectivity index (χ2n) is 2.39. The molecule has 0 saturated heterocycles. The molecule has 0 saturated carbocycles. The van der Waals surface area contributed by atoms with Crippen LogP contribution in [0.1, 0.15) is 5.56 Å². The highest BCUT2D eigenvalue weighted by Gasteiger charge is 2.09. The number of carbonyl (C=O) groups is 1. The monoisotopic (exact) mass is 245 g/mol. The summed E-state index contributed by atoms with van der Waals surface area (Å²) in [7, 11) is 1.29. The third-order valence-electron chi connectivity index (χ3n) is 1.56.